The molecule has 1 heterocycles. The van der Waals surface area contributed by atoms with E-state index in [1.54, 1.807) is 4.68 Å². The largest absolute Gasteiger partial charge is 0.309 e. The molecule has 0 fully saturated rings. The van der Waals surface area contributed by atoms with Crippen molar-refractivity contribution >= 4 is 11.6 Å². The molecule has 0 amide bonds. The van der Waals surface area contributed by atoms with Crippen LogP contribution in [0, 0.1) is 6.92 Å². The van der Waals surface area contributed by atoms with Gasteiger partial charge in [0.2, 0.25) is 0 Å². The van der Waals surface area contributed by atoms with Crippen molar-refractivity contribution in [2.45, 2.75) is 33.4 Å². The molecule has 0 saturated heterocycles. The van der Waals surface area contributed by atoms with Gasteiger partial charge in [-0.2, -0.15) is 0 Å². The van der Waals surface area contributed by atoms with Gasteiger partial charge in [0.25, 0.3) is 0 Å². The van der Waals surface area contributed by atoms with Crippen LogP contribution in [0.3, 0.4) is 0 Å². The summed E-state index contributed by atoms with van der Waals surface area (Å²) in [7, 11) is 0. The fourth-order valence-corrected chi connectivity index (χ4v) is 1.80. The zero-order valence-electron chi connectivity index (χ0n) is 10.8. The van der Waals surface area contributed by atoms with Crippen LogP contribution in [-0.2, 0) is 6.54 Å². The van der Waals surface area contributed by atoms with Crippen LogP contribution in [0.25, 0.3) is 5.69 Å². The lowest BCUT2D eigenvalue weighted by molar-refractivity contribution is 0.580. The molecule has 18 heavy (non-hydrogen) atoms. The molecule has 4 nitrogen and oxygen atoms in total. The van der Waals surface area contributed by atoms with E-state index in [9.17, 15) is 0 Å². The van der Waals surface area contributed by atoms with Crippen molar-refractivity contribution in [3.05, 3.63) is 40.7 Å². The molecule has 2 aromatic rings. The van der Waals surface area contributed by atoms with Crippen LogP contribution in [0.1, 0.15) is 25.1 Å². The average Bonchev–Trinajstić information content (AvgIpc) is 2.78. The van der Waals surface area contributed by atoms with Gasteiger partial charge in [-0.15, -0.1) is 5.10 Å². The first kappa shape index (κ1) is 13.1. The minimum Gasteiger partial charge on any atom is -0.309 e. The van der Waals surface area contributed by atoms with Gasteiger partial charge in [0.15, 0.2) is 0 Å². The molecule has 2 rings (SSSR count). The molecular formula is C13H17ClN4. The zero-order valence-corrected chi connectivity index (χ0v) is 11.6. The topological polar surface area (TPSA) is 42.7 Å². The van der Waals surface area contributed by atoms with Gasteiger partial charge >= 0.3 is 0 Å². The first-order valence-electron chi connectivity index (χ1n) is 5.97. The summed E-state index contributed by atoms with van der Waals surface area (Å²) >= 11 is 6.00. The summed E-state index contributed by atoms with van der Waals surface area (Å²) in [5, 5.41) is 12.3. The monoisotopic (exact) mass is 264 g/mol. The molecule has 0 aliphatic heterocycles. The molecule has 0 saturated carbocycles. The second-order valence-corrected chi connectivity index (χ2v) is 5.06. The summed E-state index contributed by atoms with van der Waals surface area (Å²) in [4.78, 5) is 0. The van der Waals surface area contributed by atoms with E-state index in [4.69, 9.17) is 11.6 Å². The Morgan fingerprint density at radius 2 is 2.17 bits per heavy atom. The van der Waals surface area contributed by atoms with E-state index in [2.05, 4.69) is 29.5 Å². The van der Waals surface area contributed by atoms with Crippen LogP contribution in [0.2, 0.25) is 5.02 Å². The second kappa shape index (κ2) is 5.50. The molecule has 0 aliphatic carbocycles. The number of hydrogen-bond donors (Lipinski definition) is 1. The molecule has 1 aromatic carbocycles. The van der Waals surface area contributed by atoms with E-state index in [1.807, 2.05) is 31.3 Å². The van der Waals surface area contributed by atoms with Crippen LogP contribution in [0.5, 0.6) is 0 Å². The Hall–Kier alpha value is -1.39. The zero-order chi connectivity index (χ0) is 13.1. The summed E-state index contributed by atoms with van der Waals surface area (Å²) in [6, 6.07) is 6.18. The highest BCUT2D eigenvalue weighted by molar-refractivity contribution is 6.30. The van der Waals surface area contributed by atoms with Gasteiger partial charge in [-0.1, -0.05) is 36.7 Å². The van der Waals surface area contributed by atoms with Gasteiger partial charge in [-0.3, -0.25) is 0 Å². The molecule has 1 aromatic heterocycles. The number of nitrogens with one attached hydrogen (secondary N) is 1. The summed E-state index contributed by atoms with van der Waals surface area (Å²) in [6.45, 7) is 6.95. The molecule has 1 N–H and O–H groups in total. The maximum Gasteiger partial charge on any atom is 0.0969 e. The highest BCUT2D eigenvalue weighted by Gasteiger charge is 2.06. The van der Waals surface area contributed by atoms with Crippen molar-refractivity contribution in [1.82, 2.24) is 20.3 Å². The Bertz CT molecular complexity index is 534. The van der Waals surface area contributed by atoms with Gasteiger partial charge in [0.1, 0.15) is 0 Å². The van der Waals surface area contributed by atoms with E-state index >= 15 is 0 Å². The van der Waals surface area contributed by atoms with Crippen molar-refractivity contribution in [1.29, 1.82) is 0 Å². The van der Waals surface area contributed by atoms with Gasteiger partial charge in [0.05, 0.1) is 17.6 Å². The predicted octanol–water partition coefficient (Wildman–Crippen LogP) is 2.73. The third kappa shape index (κ3) is 3.09. The van der Waals surface area contributed by atoms with E-state index < -0.39 is 0 Å². The minimum atomic E-state index is 0.433. The number of benzene rings is 1. The third-order valence-electron chi connectivity index (χ3n) is 2.65. The first-order chi connectivity index (χ1) is 8.56. The van der Waals surface area contributed by atoms with Crippen LogP contribution < -0.4 is 5.32 Å². The minimum absolute atomic E-state index is 0.433. The fourth-order valence-electron chi connectivity index (χ4n) is 1.64. The second-order valence-electron chi connectivity index (χ2n) is 4.62. The van der Waals surface area contributed by atoms with Gasteiger partial charge in [-0.05, 0) is 24.6 Å². The van der Waals surface area contributed by atoms with Crippen LogP contribution in [0.4, 0.5) is 0 Å². The molecule has 0 spiro atoms. The summed E-state index contributed by atoms with van der Waals surface area (Å²) in [5.74, 6) is 0. The Balaban J connectivity index is 2.21. The van der Waals surface area contributed by atoms with E-state index in [-0.39, 0.29) is 0 Å². The lowest BCUT2D eigenvalue weighted by Gasteiger charge is -2.05. The third-order valence-corrected chi connectivity index (χ3v) is 2.89. The molecule has 0 aliphatic rings. The highest BCUT2D eigenvalue weighted by atomic mass is 35.5. The summed E-state index contributed by atoms with van der Waals surface area (Å²) in [5.41, 5.74) is 3.00. The molecule has 0 atom stereocenters. The number of nitrogens with zero attached hydrogens (tertiary/aromatic N) is 3. The Kier molecular flexibility index (Phi) is 3.99. The van der Waals surface area contributed by atoms with Crippen molar-refractivity contribution in [2.24, 2.45) is 0 Å². The normalized spacial score (nSPS) is 11.2. The maximum absolute atomic E-state index is 6.00. The van der Waals surface area contributed by atoms with Crippen LogP contribution >= 0.6 is 11.6 Å². The lowest BCUT2D eigenvalue weighted by Crippen LogP contribution is -2.21. The van der Waals surface area contributed by atoms with Crippen LogP contribution in [-0.4, -0.2) is 21.0 Å². The van der Waals surface area contributed by atoms with E-state index in [0.717, 1.165) is 23.5 Å². The number of hydrogen-bond acceptors (Lipinski definition) is 3. The SMILES string of the molecule is Cc1ccc(Cl)cc1-n1cc(CNC(C)C)nn1. The van der Waals surface area contributed by atoms with Crippen molar-refractivity contribution in [3.63, 3.8) is 0 Å². The van der Waals surface area contributed by atoms with E-state index in [1.165, 1.54) is 0 Å². The average molecular weight is 265 g/mol. The molecule has 0 bridgehead atoms. The molecule has 5 heteroatoms. The molecule has 96 valence electrons. The summed E-state index contributed by atoms with van der Waals surface area (Å²) in [6.07, 6.45) is 1.92. The maximum atomic E-state index is 6.00. The number of aryl methyl sites for hydroxylation is 1. The van der Waals surface area contributed by atoms with Gasteiger partial charge in [-0.25, -0.2) is 4.68 Å². The molecule has 0 unspecified atom stereocenters. The van der Waals surface area contributed by atoms with Crippen molar-refractivity contribution in [3.8, 4) is 5.69 Å². The van der Waals surface area contributed by atoms with Crippen molar-refractivity contribution in [2.75, 3.05) is 0 Å². The smallest absolute Gasteiger partial charge is 0.0969 e. The Labute approximate surface area is 112 Å². The summed E-state index contributed by atoms with van der Waals surface area (Å²) < 4.78 is 1.76. The first-order valence-corrected chi connectivity index (χ1v) is 6.35. The number of halogens is 1. The Morgan fingerprint density at radius 3 is 2.89 bits per heavy atom. The quantitative estimate of drug-likeness (QED) is 0.923. The van der Waals surface area contributed by atoms with Gasteiger partial charge in [0, 0.05) is 17.6 Å². The fraction of sp³-hybridized carbons (Fsp3) is 0.385. The van der Waals surface area contributed by atoms with Crippen LogP contribution in [0.15, 0.2) is 24.4 Å². The van der Waals surface area contributed by atoms with E-state index in [0.29, 0.717) is 11.1 Å². The number of rotatable bonds is 4. The standard InChI is InChI=1S/C13H17ClN4/c1-9(2)15-7-12-8-18(17-16-12)13-6-11(14)5-4-10(13)3/h4-6,8-9,15H,7H2,1-3H3. The number of aromatic nitrogens is 3. The van der Waals surface area contributed by atoms with Gasteiger partial charge < -0.3 is 5.32 Å². The lowest BCUT2D eigenvalue weighted by atomic mass is 10.2. The predicted molar refractivity (Wildman–Crippen MR) is 73.1 cm³/mol. The molecule has 0 radical (unpaired) electrons. The highest BCUT2D eigenvalue weighted by Crippen LogP contribution is 2.18. The Morgan fingerprint density at radius 1 is 1.39 bits per heavy atom. The van der Waals surface area contributed by atoms with Crippen molar-refractivity contribution < 1.29 is 0 Å². The molecular weight excluding hydrogens is 248 g/mol.